The lowest BCUT2D eigenvalue weighted by molar-refractivity contribution is -0.144. The summed E-state index contributed by atoms with van der Waals surface area (Å²) in [6, 6.07) is 0. The molecule has 1 heterocycles. The fourth-order valence-corrected chi connectivity index (χ4v) is 2.15. The van der Waals surface area contributed by atoms with Crippen molar-refractivity contribution in [3.63, 3.8) is 0 Å². The molecule has 1 N–H and O–H groups in total. The summed E-state index contributed by atoms with van der Waals surface area (Å²) >= 11 is 0. The molecule has 0 radical (unpaired) electrons. The molecule has 0 unspecified atom stereocenters. The Hall–Kier alpha value is -2.65. The summed E-state index contributed by atoms with van der Waals surface area (Å²) in [6.07, 6.45) is 2.85. The number of carbonyl (C=O) groups excluding carboxylic acids is 2. The van der Waals surface area contributed by atoms with Crippen LogP contribution in [-0.4, -0.2) is 39.3 Å². The van der Waals surface area contributed by atoms with Crippen LogP contribution in [0.3, 0.4) is 0 Å². The Morgan fingerprint density at radius 2 is 1.22 bits per heavy atom. The monoisotopic (exact) mass is 385 g/mol. The van der Waals surface area contributed by atoms with Crippen LogP contribution in [0.2, 0.25) is 0 Å². The first-order chi connectivity index (χ1) is 12.9. The van der Waals surface area contributed by atoms with Crippen molar-refractivity contribution in [3.05, 3.63) is 31.5 Å². The minimum atomic E-state index is -0.909. The number of nitrogens with zero attached hydrogens (tertiary/aromatic N) is 2. The summed E-state index contributed by atoms with van der Waals surface area (Å²) in [7, 11) is 0. The third-order valence-corrected chi connectivity index (χ3v) is 3.77. The maximum Gasteiger partial charge on any atom is 0.336 e. The van der Waals surface area contributed by atoms with E-state index >= 15 is 0 Å². The lowest BCUT2D eigenvalue weighted by atomic mass is 10.3. The van der Waals surface area contributed by atoms with Crippen molar-refractivity contribution < 1.29 is 19.1 Å². The van der Waals surface area contributed by atoms with Crippen LogP contribution in [0.25, 0.3) is 0 Å². The fraction of sp³-hybridized carbons (Fsp3) is 0.706. The van der Waals surface area contributed by atoms with E-state index in [1.807, 2.05) is 18.8 Å². The Balaban J connectivity index is 2.75. The first-order valence-corrected chi connectivity index (χ1v) is 9.15. The molecule has 0 saturated carbocycles. The summed E-state index contributed by atoms with van der Waals surface area (Å²) < 4.78 is 11.4. The van der Waals surface area contributed by atoms with Gasteiger partial charge in [-0.2, -0.15) is 0 Å². The van der Waals surface area contributed by atoms with Crippen molar-refractivity contribution in [1.29, 1.82) is 0 Å². The number of esters is 2. The molecular formula is C17H27N3O7. The summed E-state index contributed by atoms with van der Waals surface area (Å²) in [5.41, 5.74) is -2.70. The van der Waals surface area contributed by atoms with Gasteiger partial charge in [0.15, 0.2) is 0 Å². The lowest BCUT2D eigenvalue weighted by Gasteiger charge is -2.09. The highest BCUT2D eigenvalue weighted by Crippen LogP contribution is 1.94. The average molecular weight is 385 g/mol. The molecule has 0 saturated heterocycles. The molecule has 0 aliphatic carbocycles. The molecule has 0 aliphatic rings. The van der Waals surface area contributed by atoms with E-state index in [1.165, 1.54) is 0 Å². The van der Waals surface area contributed by atoms with E-state index in [1.54, 1.807) is 0 Å². The lowest BCUT2D eigenvalue weighted by Crippen LogP contribution is -2.49. The van der Waals surface area contributed by atoms with Crippen LogP contribution in [0.4, 0.5) is 0 Å². The number of aromatic nitrogens is 3. The molecule has 1 aromatic rings. The highest BCUT2D eigenvalue weighted by atomic mass is 16.5. The number of unbranched alkanes of at least 4 members (excludes halogenated alkanes) is 2. The van der Waals surface area contributed by atoms with Gasteiger partial charge in [-0.15, -0.1) is 0 Å². The van der Waals surface area contributed by atoms with Gasteiger partial charge < -0.3 is 9.47 Å². The van der Waals surface area contributed by atoms with Gasteiger partial charge in [-0.25, -0.2) is 23.5 Å². The van der Waals surface area contributed by atoms with E-state index in [2.05, 4.69) is 0 Å². The molecule has 10 nitrogen and oxygen atoms in total. The highest BCUT2D eigenvalue weighted by molar-refractivity contribution is 5.69. The summed E-state index contributed by atoms with van der Waals surface area (Å²) in [6.45, 7) is 4.02. The van der Waals surface area contributed by atoms with Crippen molar-refractivity contribution in [3.8, 4) is 0 Å². The van der Waals surface area contributed by atoms with Crippen LogP contribution in [0.15, 0.2) is 14.4 Å². The number of ether oxygens (including phenoxy) is 2. The molecule has 10 heteroatoms. The maximum absolute atomic E-state index is 12.4. The second-order valence-corrected chi connectivity index (χ2v) is 5.97. The van der Waals surface area contributed by atoms with Gasteiger partial charge in [-0.05, 0) is 12.8 Å². The molecule has 0 fully saturated rings. The van der Waals surface area contributed by atoms with E-state index in [4.69, 9.17) is 9.47 Å². The van der Waals surface area contributed by atoms with Gasteiger partial charge in [-0.1, -0.05) is 26.7 Å². The van der Waals surface area contributed by atoms with Crippen LogP contribution in [0.5, 0.6) is 0 Å². The van der Waals surface area contributed by atoms with Gasteiger partial charge in [0.2, 0.25) is 0 Å². The number of nitrogens with one attached hydrogen (secondary N) is 1. The number of aromatic amines is 1. The number of hydrogen-bond acceptors (Lipinski definition) is 7. The van der Waals surface area contributed by atoms with Gasteiger partial charge in [0, 0.05) is 13.1 Å². The molecular weight excluding hydrogens is 358 g/mol. The first kappa shape index (κ1) is 22.4. The Labute approximate surface area is 156 Å². The van der Waals surface area contributed by atoms with Crippen molar-refractivity contribution >= 4 is 11.9 Å². The largest absolute Gasteiger partial charge is 0.466 e. The molecule has 152 valence electrons. The van der Waals surface area contributed by atoms with Crippen molar-refractivity contribution in [2.45, 2.75) is 65.5 Å². The Morgan fingerprint density at radius 3 is 1.59 bits per heavy atom. The maximum atomic E-state index is 12.4. The Bertz CT molecular complexity index is 730. The van der Waals surface area contributed by atoms with Crippen LogP contribution in [0.1, 0.15) is 52.4 Å². The molecule has 1 aromatic heterocycles. The Kier molecular flexibility index (Phi) is 9.84. The van der Waals surface area contributed by atoms with E-state index in [0.29, 0.717) is 0 Å². The van der Waals surface area contributed by atoms with E-state index in [0.717, 1.165) is 34.8 Å². The van der Waals surface area contributed by atoms with Gasteiger partial charge in [0.05, 0.1) is 26.1 Å². The quantitative estimate of drug-likeness (QED) is 0.401. The molecule has 0 aliphatic heterocycles. The minimum Gasteiger partial charge on any atom is -0.466 e. The Morgan fingerprint density at radius 1 is 0.815 bits per heavy atom. The third kappa shape index (κ3) is 7.63. The average Bonchev–Trinajstić information content (AvgIpc) is 2.61. The zero-order valence-electron chi connectivity index (χ0n) is 15.8. The number of carbonyl (C=O) groups is 2. The SMILES string of the molecule is CCCCOC(=O)CCn1c(=O)[nH]c(=O)n(CCC(=O)OCCCC)c1=O. The summed E-state index contributed by atoms with van der Waals surface area (Å²) in [5.74, 6) is -1.07. The smallest absolute Gasteiger partial charge is 0.336 e. The van der Waals surface area contributed by atoms with Crippen LogP contribution in [0, 0.1) is 0 Å². The van der Waals surface area contributed by atoms with Gasteiger partial charge >= 0.3 is 29.0 Å². The normalized spacial score (nSPS) is 10.6. The number of rotatable bonds is 12. The number of H-pyrrole nitrogens is 1. The van der Waals surface area contributed by atoms with Crippen molar-refractivity contribution in [2.24, 2.45) is 0 Å². The van der Waals surface area contributed by atoms with E-state index < -0.39 is 29.0 Å². The molecule has 0 aromatic carbocycles. The zero-order valence-corrected chi connectivity index (χ0v) is 15.8. The van der Waals surface area contributed by atoms with Crippen LogP contribution >= 0.6 is 0 Å². The summed E-state index contributed by atoms with van der Waals surface area (Å²) in [4.78, 5) is 61.3. The van der Waals surface area contributed by atoms with E-state index in [-0.39, 0.29) is 39.1 Å². The number of hydrogen-bond donors (Lipinski definition) is 1. The van der Waals surface area contributed by atoms with Crippen molar-refractivity contribution in [1.82, 2.24) is 14.1 Å². The third-order valence-electron chi connectivity index (χ3n) is 3.77. The first-order valence-electron chi connectivity index (χ1n) is 9.15. The van der Waals surface area contributed by atoms with E-state index in [9.17, 15) is 24.0 Å². The van der Waals surface area contributed by atoms with Gasteiger partial charge in [-0.3, -0.25) is 14.6 Å². The predicted octanol–water partition coefficient (Wildman–Crippen LogP) is 0.165. The standard InChI is InChI=1S/C17H27N3O7/c1-3-5-11-26-13(21)7-9-19-15(23)18-16(24)20(17(19)25)10-8-14(22)27-12-6-4-2/h3-12H2,1-2H3,(H,18,23,24). The molecule has 1 rings (SSSR count). The zero-order chi connectivity index (χ0) is 20.2. The van der Waals surface area contributed by atoms with Gasteiger partial charge in [0.1, 0.15) is 0 Å². The van der Waals surface area contributed by atoms with Gasteiger partial charge in [0.25, 0.3) is 0 Å². The topological polar surface area (TPSA) is 129 Å². The van der Waals surface area contributed by atoms with Crippen molar-refractivity contribution in [2.75, 3.05) is 13.2 Å². The second kappa shape index (κ2) is 11.9. The molecule has 27 heavy (non-hydrogen) atoms. The predicted molar refractivity (Wildman–Crippen MR) is 96.6 cm³/mol. The molecule has 0 spiro atoms. The molecule has 0 bridgehead atoms. The van der Waals surface area contributed by atoms with Crippen LogP contribution < -0.4 is 17.1 Å². The molecule has 0 atom stereocenters. The fourth-order valence-electron chi connectivity index (χ4n) is 2.15. The second-order valence-electron chi connectivity index (χ2n) is 5.97. The minimum absolute atomic E-state index is 0.177. The summed E-state index contributed by atoms with van der Waals surface area (Å²) in [5, 5.41) is 0. The highest BCUT2D eigenvalue weighted by Gasteiger charge is 2.13. The molecule has 0 amide bonds. The van der Waals surface area contributed by atoms with Crippen LogP contribution in [-0.2, 0) is 32.2 Å².